The van der Waals surface area contributed by atoms with Gasteiger partial charge in [0.2, 0.25) is 0 Å². The molecule has 17 heavy (non-hydrogen) atoms. The van der Waals surface area contributed by atoms with Gasteiger partial charge in [0.1, 0.15) is 0 Å². The van der Waals surface area contributed by atoms with Gasteiger partial charge in [-0.3, -0.25) is 0 Å². The Morgan fingerprint density at radius 3 is 2.53 bits per heavy atom. The summed E-state index contributed by atoms with van der Waals surface area (Å²) >= 11 is 0. The van der Waals surface area contributed by atoms with Gasteiger partial charge in [-0.25, -0.2) is 0 Å². The smallest absolute Gasteiger partial charge is 0.0252 e. The van der Waals surface area contributed by atoms with Crippen molar-refractivity contribution in [3.63, 3.8) is 0 Å². The van der Waals surface area contributed by atoms with Crippen LogP contribution in [-0.2, 0) is 6.42 Å². The van der Waals surface area contributed by atoms with Crippen molar-refractivity contribution in [2.75, 3.05) is 6.54 Å². The van der Waals surface area contributed by atoms with E-state index in [0.717, 1.165) is 6.54 Å². The highest BCUT2D eigenvalue weighted by Crippen LogP contribution is 2.08. The summed E-state index contributed by atoms with van der Waals surface area (Å²) in [6.07, 6.45) is 5.98. The zero-order valence-electron chi connectivity index (χ0n) is 11.4. The number of rotatable bonds is 7. The van der Waals surface area contributed by atoms with Gasteiger partial charge in [0.15, 0.2) is 0 Å². The van der Waals surface area contributed by atoms with Crippen LogP contribution in [0.5, 0.6) is 0 Å². The van der Waals surface area contributed by atoms with Crippen LogP contribution in [0, 0.1) is 0 Å². The maximum absolute atomic E-state index is 3.52. The number of nitrogens with one attached hydrogen (secondary N) is 1. The molecule has 0 heterocycles. The Morgan fingerprint density at radius 1 is 1.24 bits per heavy atom. The first-order chi connectivity index (χ1) is 8.22. The highest BCUT2D eigenvalue weighted by Gasteiger charge is 2.03. The number of hydrogen-bond donors (Lipinski definition) is 1. The van der Waals surface area contributed by atoms with E-state index in [1.807, 2.05) is 0 Å². The Balaban J connectivity index is 2.34. The standard InChI is InChI=1S/C16H25N/c1-4-17-16(13-14(2)3)12-8-11-15-9-6-5-7-10-15/h5-7,9-10,13,16-17H,4,8,11-12H2,1-3H3. The second kappa shape index (κ2) is 8.08. The van der Waals surface area contributed by atoms with Gasteiger partial charge in [-0.15, -0.1) is 0 Å². The molecule has 0 aliphatic rings. The molecule has 1 rings (SSSR count). The predicted molar refractivity (Wildman–Crippen MR) is 76.3 cm³/mol. The van der Waals surface area contributed by atoms with E-state index >= 15 is 0 Å². The zero-order chi connectivity index (χ0) is 12.5. The summed E-state index contributed by atoms with van der Waals surface area (Å²) in [5.41, 5.74) is 2.84. The molecule has 1 atom stereocenters. The summed E-state index contributed by atoms with van der Waals surface area (Å²) < 4.78 is 0. The molecule has 0 saturated heterocycles. The van der Waals surface area contributed by atoms with Crippen LogP contribution in [0.1, 0.15) is 39.2 Å². The van der Waals surface area contributed by atoms with E-state index in [1.165, 1.54) is 30.4 Å². The first kappa shape index (κ1) is 14.0. The van der Waals surface area contributed by atoms with Crippen molar-refractivity contribution in [3.05, 3.63) is 47.5 Å². The van der Waals surface area contributed by atoms with Crippen LogP contribution in [0.15, 0.2) is 42.0 Å². The van der Waals surface area contributed by atoms with Crippen molar-refractivity contribution in [3.8, 4) is 0 Å². The SMILES string of the molecule is CCNC(C=C(C)C)CCCc1ccccc1. The van der Waals surface area contributed by atoms with Crippen LogP contribution < -0.4 is 5.32 Å². The minimum Gasteiger partial charge on any atom is -0.311 e. The molecule has 1 nitrogen and oxygen atoms in total. The average Bonchev–Trinajstić information content (AvgIpc) is 2.30. The molecule has 0 radical (unpaired) electrons. The van der Waals surface area contributed by atoms with Gasteiger partial charge in [-0.2, -0.15) is 0 Å². The van der Waals surface area contributed by atoms with Crippen LogP contribution in [0.3, 0.4) is 0 Å². The van der Waals surface area contributed by atoms with E-state index in [0.29, 0.717) is 6.04 Å². The molecule has 0 bridgehead atoms. The molecular weight excluding hydrogens is 206 g/mol. The predicted octanol–water partition coefficient (Wildman–Crippen LogP) is 3.95. The van der Waals surface area contributed by atoms with Gasteiger partial charge < -0.3 is 5.32 Å². The highest BCUT2D eigenvalue weighted by atomic mass is 14.9. The summed E-state index contributed by atoms with van der Waals surface area (Å²) in [5, 5.41) is 3.52. The number of likely N-dealkylation sites (N-methyl/N-ethyl adjacent to an activating group) is 1. The van der Waals surface area contributed by atoms with Crippen LogP contribution in [0.2, 0.25) is 0 Å². The quantitative estimate of drug-likeness (QED) is 0.701. The topological polar surface area (TPSA) is 12.0 Å². The van der Waals surface area contributed by atoms with E-state index in [1.54, 1.807) is 0 Å². The molecule has 1 N–H and O–H groups in total. The molecule has 0 fully saturated rings. The molecule has 0 saturated carbocycles. The summed E-state index contributed by atoms with van der Waals surface area (Å²) in [7, 11) is 0. The van der Waals surface area contributed by atoms with Crippen LogP contribution >= 0.6 is 0 Å². The first-order valence-electron chi connectivity index (χ1n) is 6.64. The molecule has 1 unspecified atom stereocenters. The van der Waals surface area contributed by atoms with Crippen molar-refractivity contribution in [2.24, 2.45) is 0 Å². The minimum atomic E-state index is 0.536. The van der Waals surface area contributed by atoms with Crippen molar-refractivity contribution < 1.29 is 0 Å². The largest absolute Gasteiger partial charge is 0.311 e. The zero-order valence-corrected chi connectivity index (χ0v) is 11.4. The van der Waals surface area contributed by atoms with E-state index in [2.05, 4.69) is 62.5 Å². The molecule has 0 spiro atoms. The summed E-state index contributed by atoms with van der Waals surface area (Å²) in [6, 6.07) is 11.3. The average molecular weight is 231 g/mol. The minimum absolute atomic E-state index is 0.536. The highest BCUT2D eigenvalue weighted by molar-refractivity contribution is 5.14. The molecule has 0 aliphatic heterocycles. The van der Waals surface area contributed by atoms with Crippen LogP contribution in [0.4, 0.5) is 0 Å². The Bertz CT molecular complexity index is 323. The molecule has 1 aromatic rings. The van der Waals surface area contributed by atoms with Crippen molar-refractivity contribution in [1.82, 2.24) is 5.32 Å². The number of hydrogen-bond acceptors (Lipinski definition) is 1. The fourth-order valence-electron chi connectivity index (χ4n) is 2.08. The van der Waals surface area contributed by atoms with E-state index in [-0.39, 0.29) is 0 Å². The summed E-state index contributed by atoms with van der Waals surface area (Å²) in [5.74, 6) is 0. The van der Waals surface area contributed by atoms with Gasteiger partial charge in [0.25, 0.3) is 0 Å². The maximum atomic E-state index is 3.52. The molecule has 1 heteroatoms. The van der Waals surface area contributed by atoms with Gasteiger partial charge in [0, 0.05) is 6.04 Å². The van der Waals surface area contributed by atoms with Crippen molar-refractivity contribution in [2.45, 2.75) is 46.1 Å². The maximum Gasteiger partial charge on any atom is 0.0252 e. The molecule has 0 amide bonds. The van der Waals surface area contributed by atoms with Crippen LogP contribution in [-0.4, -0.2) is 12.6 Å². The third-order valence-electron chi connectivity index (χ3n) is 2.82. The number of allylic oxidation sites excluding steroid dienone is 1. The van der Waals surface area contributed by atoms with Crippen molar-refractivity contribution >= 4 is 0 Å². The Labute approximate surface area is 106 Å². The normalized spacial score (nSPS) is 12.2. The van der Waals surface area contributed by atoms with Crippen molar-refractivity contribution in [1.29, 1.82) is 0 Å². The van der Waals surface area contributed by atoms with E-state index in [9.17, 15) is 0 Å². The molecule has 94 valence electrons. The number of aryl methyl sites for hydroxylation is 1. The van der Waals surface area contributed by atoms with Gasteiger partial charge >= 0.3 is 0 Å². The van der Waals surface area contributed by atoms with E-state index in [4.69, 9.17) is 0 Å². The third-order valence-corrected chi connectivity index (χ3v) is 2.82. The third kappa shape index (κ3) is 6.28. The molecule has 0 aliphatic carbocycles. The fraction of sp³-hybridized carbons (Fsp3) is 0.500. The molecule has 1 aromatic carbocycles. The second-order valence-corrected chi connectivity index (χ2v) is 4.79. The summed E-state index contributed by atoms with van der Waals surface area (Å²) in [6.45, 7) is 7.55. The fourth-order valence-corrected chi connectivity index (χ4v) is 2.08. The van der Waals surface area contributed by atoms with Gasteiger partial charge in [-0.05, 0) is 45.2 Å². The van der Waals surface area contributed by atoms with E-state index < -0.39 is 0 Å². The lowest BCUT2D eigenvalue weighted by Gasteiger charge is -2.14. The Hall–Kier alpha value is -1.08. The monoisotopic (exact) mass is 231 g/mol. The Morgan fingerprint density at radius 2 is 1.94 bits per heavy atom. The Kier molecular flexibility index (Phi) is 6.64. The number of benzene rings is 1. The lowest BCUT2D eigenvalue weighted by molar-refractivity contribution is 0.550. The summed E-state index contributed by atoms with van der Waals surface area (Å²) in [4.78, 5) is 0. The lowest BCUT2D eigenvalue weighted by atomic mass is 10.0. The van der Waals surface area contributed by atoms with Crippen LogP contribution in [0.25, 0.3) is 0 Å². The second-order valence-electron chi connectivity index (χ2n) is 4.79. The molecular formula is C16H25N. The lowest BCUT2D eigenvalue weighted by Crippen LogP contribution is -2.27. The van der Waals surface area contributed by atoms with Gasteiger partial charge in [-0.1, -0.05) is 48.9 Å². The van der Waals surface area contributed by atoms with Gasteiger partial charge in [0.05, 0.1) is 0 Å². The first-order valence-corrected chi connectivity index (χ1v) is 6.64. The molecule has 0 aromatic heterocycles.